The van der Waals surface area contributed by atoms with E-state index < -0.39 is 0 Å². The second-order valence-corrected chi connectivity index (χ2v) is 5.25. The van der Waals surface area contributed by atoms with Crippen molar-refractivity contribution in [1.29, 1.82) is 0 Å². The molecule has 1 N–H and O–H groups in total. The van der Waals surface area contributed by atoms with Gasteiger partial charge in [0.1, 0.15) is 17.0 Å². The first-order chi connectivity index (χ1) is 12.2. The van der Waals surface area contributed by atoms with Gasteiger partial charge in [0, 0.05) is 30.3 Å². The molecule has 0 saturated carbocycles. The van der Waals surface area contributed by atoms with Crippen molar-refractivity contribution in [3.63, 3.8) is 0 Å². The van der Waals surface area contributed by atoms with E-state index >= 15 is 0 Å². The molecule has 3 aromatic rings. The van der Waals surface area contributed by atoms with Crippen LogP contribution in [-0.2, 0) is 11.3 Å². The predicted molar refractivity (Wildman–Crippen MR) is 94.4 cm³/mol. The number of oxazole rings is 1. The molecule has 3 rings (SSSR count). The monoisotopic (exact) mass is 338 g/mol. The lowest BCUT2D eigenvalue weighted by molar-refractivity contribution is -0.116. The standard InChI is InChI=1S/C19H18N2O4/c1-23-14-8-7-13(17(11-14)24-2)12-20-18(22)9-10-19-21-15-5-3-4-6-16(15)25-19/h3-11H,12H2,1-2H3,(H,20,22)/b10-9+. The van der Waals surface area contributed by atoms with Crippen molar-refractivity contribution >= 4 is 23.1 Å². The summed E-state index contributed by atoms with van der Waals surface area (Å²) in [5.74, 6) is 1.49. The van der Waals surface area contributed by atoms with Crippen molar-refractivity contribution in [3.8, 4) is 11.5 Å². The minimum absolute atomic E-state index is 0.250. The molecule has 0 aliphatic carbocycles. The summed E-state index contributed by atoms with van der Waals surface area (Å²) < 4.78 is 16.0. The molecule has 0 fully saturated rings. The van der Waals surface area contributed by atoms with E-state index in [2.05, 4.69) is 10.3 Å². The van der Waals surface area contributed by atoms with Crippen LogP contribution in [0.25, 0.3) is 17.2 Å². The van der Waals surface area contributed by atoms with E-state index in [-0.39, 0.29) is 5.91 Å². The van der Waals surface area contributed by atoms with Gasteiger partial charge in [0.25, 0.3) is 0 Å². The molecule has 2 aromatic carbocycles. The molecule has 6 nitrogen and oxygen atoms in total. The molecule has 0 aliphatic heterocycles. The molecule has 128 valence electrons. The van der Waals surface area contributed by atoms with Crippen molar-refractivity contribution < 1.29 is 18.7 Å². The average Bonchev–Trinajstić information content (AvgIpc) is 3.07. The lowest BCUT2D eigenvalue weighted by Crippen LogP contribution is -2.20. The molecule has 0 unspecified atom stereocenters. The highest BCUT2D eigenvalue weighted by Crippen LogP contribution is 2.24. The second-order valence-electron chi connectivity index (χ2n) is 5.25. The Balaban J connectivity index is 1.62. The van der Waals surface area contributed by atoms with Crippen molar-refractivity contribution in [2.45, 2.75) is 6.54 Å². The number of nitrogens with zero attached hydrogens (tertiary/aromatic N) is 1. The maximum Gasteiger partial charge on any atom is 0.244 e. The maximum atomic E-state index is 12.0. The predicted octanol–water partition coefficient (Wildman–Crippen LogP) is 3.17. The lowest BCUT2D eigenvalue weighted by atomic mass is 10.2. The van der Waals surface area contributed by atoms with Crippen LogP contribution in [0.2, 0.25) is 0 Å². The number of ether oxygens (including phenoxy) is 2. The minimum atomic E-state index is -0.250. The quantitative estimate of drug-likeness (QED) is 0.699. The number of para-hydroxylation sites is 2. The average molecular weight is 338 g/mol. The van der Waals surface area contributed by atoms with E-state index in [4.69, 9.17) is 13.9 Å². The highest BCUT2D eigenvalue weighted by molar-refractivity contribution is 5.91. The molecule has 25 heavy (non-hydrogen) atoms. The van der Waals surface area contributed by atoms with Gasteiger partial charge in [-0.3, -0.25) is 4.79 Å². The molecule has 6 heteroatoms. The van der Waals surface area contributed by atoms with Gasteiger partial charge in [-0.1, -0.05) is 12.1 Å². The minimum Gasteiger partial charge on any atom is -0.497 e. The van der Waals surface area contributed by atoms with Crippen LogP contribution in [0.5, 0.6) is 11.5 Å². The lowest BCUT2D eigenvalue weighted by Gasteiger charge is -2.10. The van der Waals surface area contributed by atoms with Gasteiger partial charge in [-0.25, -0.2) is 4.98 Å². The number of benzene rings is 2. The molecular formula is C19H18N2O4. The summed E-state index contributed by atoms with van der Waals surface area (Å²) in [5, 5.41) is 2.80. The van der Waals surface area contributed by atoms with Crippen molar-refractivity contribution in [2.75, 3.05) is 14.2 Å². The Morgan fingerprint density at radius 3 is 2.80 bits per heavy atom. The van der Waals surface area contributed by atoms with Gasteiger partial charge in [-0.15, -0.1) is 0 Å². The van der Waals surface area contributed by atoms with Crippen LogP contribution < -0.4 is 14.8 Å². The zero-order valence-electron chi connectivity index (χ0n) is 14.0. The number of hydrogen-bond donors (Lipinski definition) is 1. The Labute approximate surface area is 145 Å². The third-order valence-electron chi connectivity index (χ3n) is 3.64. The number of carbonyl (C=O) groups is 1. The Bertz CT molecular complexity index is 882. The van der Waals surface area contributed by atoms with Gasteiger partial charge >= 0.3 is 0 Å². The van der Waals surface area contributed by atoms with Crippen molar-refractivity contribution in [1.82, 2.24) is 10.3 Å². The van der Waals surface area contributed by atoms with Crippen LogP contribution in [0.15, 0.2) is 53.0 Å². The molecule has 0 saturated heterocycles. The molecule has 0 atom stereocenters. The molecule has 0 spiro atoms. The highest BCUT2D eigenvalue weighted by Gasteiger charge is 2.07. The topological polar surface area (TPSA) is 73.6 Å². The number of methoxy groups -OCH3 is 2. The summed E-state index contributed by atoms with van der Waals surface area (Å²) in [6, 6.07) is 12.9. The fourth-order valence-corrected chi connectivity index (χ4v) is 2.35. The number of amides is 1. The number of rotatable bonds is 6. The molecule has 1 aromatic heterocycles. The van der Waals surface area contributed by atoms with Crippen LogP contribution in [0, 0.1) is 0 Å². The first-order valence-electron chi connectivity index (χ1n) is 7.72. The van der Waals surface area contributed by atoms with Crippen LogP contribution in [0.4, 0.5) is 0 Å². The number of aromatic nitrogens is 1. The number of hydrogen-bond acceptors (Lipinski definition) is 5. The van der Waals surface area contributed by atoms with Gasteiger partial charge in [0.05, 0.1) is 14.2 Å². The first kappa shape index (κ1) is 16.6. The van der Waals surface area contributed by atoms with E-state index in [9.17, 15) is 4.79 Å². The van der Waals surface area contributed by atoms with E-state index in [1.165, 1.54) is 6.08 Å². The summed E-state index contributed by atoms with van der Waals surface area (Å²) in [4.78, 5) is 16.3. The van der Waals surface area contributed by atoms with E-state index in [0.29, 0.717) is 29.5 Å². The van der Waals surface area contributed by atoms with Crippen LogP contribution >= 0.6 is 0 Å². The summed E-state index contributed by atoms with van der Waals surface area (Å²) >= 11 is 0. The zero-order chi connectivity index (χ0) is 17.6. The number of nitrogens with one attached hydrogen (secondary N) is 1. The Kier molecular flexibility index (Phi) is 4.99. The summed E-state index contributed by atoms with van der Waals surface area (Å²) in [6.45, 7) is 0.337. The highest BCUT2D eigenvalue weighted by atomic mass is 16.5. The maximum absolute atomic E-state index is 12.0. The van der Waals surface area contributed by atoms with E-state index in [0.717, 1.165) is 11.1 Å². The third kappa shape index (κ3) is 3.98. The first-order valence-corrected chi connectivity index (χ1v) is 7.72. The number of carbonyl (C=O) groups excluding carboxylic acids is 1. The Morgan fingerprint density at radius 1 is 1.20 bits per heavy atom. The summed E-state index contributed by atoms with van der Waals surface area (Å²) in [7, 11) is 3.17. The molecule has 0 aliphatic rings. The van der Waals surface area contributed by atoms with Gasteiger partial charge in [-0.05, 0) is 24.3 Å². The normalized spacial score (nSPS) is 11.0. The molecule has 1 amide bonds. The van der Waals surface area contributed by atoms with Crippen molar-refractivity contribution in [2.24, 2.45) is 0 Å². The van der Waals surface area contributed by atoms with Crippen LogP contribution in [0.1, 0.15) is 11.5 Å². The van der Waals surface area contributed by atoms with Gasteiger partial charge in [0.2, 0.25) is 11.8 Å². The smallest absolute Gasteiger partial charge is 0.244 e. The van der Waals surface area contributed by atoms with Crippen LogP contribution in [-0.4, -0.2) is 25.1 Å². The molecule has 1 heterocycles. The number of fused-ring (bicyclic) bond motifs is 1. The van der Waals surface area contributed by atoms with Gasteiger partial charge in [-0.2, -0.15) is 0 Å². The molecular weight excluding hydrogens is 320 g/mol. The summed E-state index contributed by atoms with van der Waals surface area (Å²) in [5.41, 5.74) is 2.29. The Morgan fingerprint density at radius 2 is 2.04 bits per heavy atom. The van der Waals surface area contributed by atoms with Crippen LogP contribution in [0.3, 0.4) is 0 Å². The van der Waals surface area contributed by atoms with Gasteiger partial charge in [0.15, 0.2) is 5.58 Å². The summed E-state index contributed by atoms with van der Waals surface area (Å²) in [6.07, 6.45) is 2.93. The van der Waals surface area contributed by atoms with E-state index in [1.807, 2.05) is 36.4 Å². The third-order valence-corrected chi connectivity index (χ3v) is 3.64. The second kappa shape index (κ2) is 7.53. The van der Waals surface area contributed by atoms with Crippen molar-refractivity contribution in [3.05, 3.63) is 60.0 Å². The molecule has 0 bridgehead atoms. The SMILES string of the molecule is COc1ccc(CNC(=O)/C=C/c2nc3ccccc3o2)c(OC)c1. The fourth-order valence-electron chi connectivity index (χ4n) is 2.35. The Hall–Kier alpha value is -3.28. The fraction of sp³-hybridized carbons (Fsp3) is 0.158. The van der Waals surface area contributed by atoms with E-state index in [1.54, 1.807) is 26.4 Å². The molecule has 0 radical (unpaired) electrons. The van der Waals surface area contributed by atoms with Gasteiger partial charge < -0.3 is 19.2 Å². The zero-order valence-corrected chi connectivity index (χ0v) is 14.0. The largest absolute Gasteiger partial charge is 0.497 e.